The van der Waals surface area contributed by atoms with Gasteiger partial charge in [0.1, 0.15) is 12.4 Å². The van der Waals surface area contributed by atoms with Crippen LogP contribution in [0.25, 0.3) is 0 Å². The first kappa shape index (κ1) is 12.7. The van der Waals surface area contributed by atoms with Crippen LogP contribution in [-0.2, 0) is 11.3 Å². The molecule has 0 radical (unpaired) electrons. The maximum atomic E-state index is 11.8. The Labute approximate surface area is 108 Å². The van der Waals surface area contributed by atoms with Crippen molar-refractivity contribution in [2.75, 3.05) is 13.7 Å². The predicted octanol–water partition coefficient (Wildman–Crippen LogP) is 2.62. The van der Waals surface area contributed by atoms with Crippen molar-refractivity contribution in [2.45, 2.75) is 19.4 Å². The third-order valence-electron chi connectivity index (χ3n) is 3.01. The third-order valence-corrected chi connectivity index (χ3v) is 3.01. The lowest BCUT2D eigenvalue weighted by atomic mass is 10.2. The third kappa shape index (κ3) is 3.36. The number of carbonyl (C=O) groups excluding carboxylic acids is 1. The summed E-state index contributed by atoms with van der Waals surface area (Å²) in [6.45, 7) is 4.78. The minimum absolute atomic E-state index is 0.266. The lowest BCUT2D eigenvalue weighted by Gasteiger charge is -2.17. The second-order valence-corrected chi connectivity index (χ2v) is 4.71. The number of amides is 1. The fraction of sp³-hybridized carbons (Fsp3) is 0.400. The summed E-state index contributed by atoms with van der Waals surface area (Å²) in [6.07, 6.45) is 3.82. The predicted molar refractivity (Wildman–Crippen MR) is 71.3 cm³/mol. The molecule has 1 aliphatic rings. The fourth-order valence-electron chi connectivity index (χ4n) is 1.84. The Bertz CT molecular complexity index is 421. The first-order valence-corrected chi connectivity index (χ1v) is 6.28. The van der Waals surface area contributed by atoms with Crippen LogP contribution in [0.1, 0.15) is 18.4 Å². The Hall–Kier alpha value is -1.77. The van der Waals surface area contributed by atoms with Gasteiger partial charge in [-0.25, -0.2) is 0 Å². The molecule has 3 heteroatoms. The van der Waals surface area contributed by atoms with E-state index >= 15 is 0 Å². The van der Waals surface area contributed by atoms with E-state index in [9.17, 15) is 4.79 Å². The molecule has 0 aliphatic heterocycles. The molecular formula is C15H19NO2. The number of carbonyl (C=O) groups is 1. The highest BCUT2D eigenvalue weighted by molar-refractivity contribution is 5.80. The molecule has 1 aromatic rings. The van der Waals surface area contributed by atoms with Crippen molar-refractivity contribution in [1.29, 1.82) is 0 Å². The molecule has 1 saturated carbocycles. The van der Waals surface area contributed by atoms with Gasteiger partial charge < -0.3 is 9.64 Å². The summed E-state index contributed by atoms with van der Waals surface area (Å²) in [6, 6.07) is 7.84. The van der Waals surface area contributed by atoms with Crippen LogP contribution in [0.5, 0.6) is 5.75 Å². The first-order chi connectivity index (χ1) is 8.70. The molecular weight excluding hydrogens is 226 g/mol. The summed E-state index contributed by atoms with van der Waals surface area (Å²) >= 11 is 0. The van der Waals surface area contributed by atoms with Crippen LogP contribution in [0.3, 0.4) is 0 Å². The molecule has 0 bridgehead atoms. The summed E-state index contributed by atoms with van der Waals surface area (Å²) in [5.41, 5.74) is 1.12. The minimum atomic E-state index is 0.266. The standard InChI is InChI=1S/C15H19NO2/c1-3-10-18-14-8-4-12(5-9-14)11-16(2)15(17)13-6-7-13/h3-5,8-9,13H,1,6-7,10-11H2,2H3. The van der Waals surface area contributed by atoms with Gasteiger partial charge in [0.15, 0.2) is 0 Å². The topological polar surface area (TPSA) is 29.5 Å². The zero-order valence-electron chi connectivity index (χ0n) is 10.8. The van der Waals surface area contributed by atoms with Gasteiger partial charge in [0.2, 0.25) is 5.91 Å². The SMILES string of the molecule is C=CCOc1ccc(CN(C)C(=O)C2CC2)cc1. The van der Waals surface area contributed by atoms with Crippen molar-refractivity contribution in [1.82, 2.24) is 4.90 Å². The highest BCUT2D eigenvalue weighted by Gasteiger charge is 2.31. The van der Waals surface area contributed by atoms with Crippen molar-refractivity contribution in [3.63, 3.8) is 0 Å². The van der Waals surface area contributed by atoms with E-state index in [-0.39, 0.29) is 11.8 Å². The largest absolute Gasteiger partial charge is 0.490 e. The minimum Gasteiger partial charge on any atom is -0.490 e. The van der Waals surface area contributed by atoms with Gasteiger partial charge in [0.25, 0.3) is 0 Å². The molecule has 2 rings (SSSR count). The van der Waals surface area contributed by atoms with E-state index in [4.69, 9.17) is 4.74 Å². The van der Waals surface area contributed by atoms with E-state index in [2.05, 4.69) is 6.58 Å². The molecule has 1 aliphatic carbocycles. The molecule has 18 heavy (non-hydrogen) atoms. The number of hydrogen-bond donors (Lipinski definition) is 0. The van der Waals surface area contributed by atoms with E-state index in [1.54, 1.807) is 11.0 Å². The molecule has 0 N–H and O–H groups in total. The van der Waals surface area contributed by atoms with Crippen molar-refractivity contribution in [2.24, 2.45) is 5.92 Å². The molecule has 0 aromatic heterocycles. The van der Waals surface area contributed by atoms with Crippen LogP contribution in [-0.4, -0.2) is 24.5 Å². The summed E-state index contributed by atoms with van der Waals surface area (Å²) < 4.78 is 5.41. The zero-order chi connectivity index (χ0) is 13.0. The van der Waals surface area contributed by atoms with Gasteiger partial charge in [-0.3, -0.25) is 4.79 Å². The van der Waals surface area contributed by atoms with Crippen molar-refractivity contribution >= 4 is 5.91 Å². The summed E-state index contributed by atoms with van der Waals surface area (Å²) in [5, 5.41) is 0. The van der Waals surface area contributed by atoms with E-state index in [0.717, 1.165) is 24.2 Å². The molecule has 0 heterocycles. The molecule has 96 valence electrons. The number of ether oxygens (including phenoxy) is 1. The van der Waals surface area contributed by atoms with E-state index in [1.807, 2.05) is 31.3 Å². The number of hydrogen-bond acceptors (Lipinski definition) is 2. The smallest absolute Gasteiger partial charge is 0.225 e. The Morgan fingerprint density at radius 2 is 2.11 bits per heavy atom. The number of benzene rings is 1. The highest BCUT2D eigenvalue weighted by Crippen LogP contribution is 2.31. The van der Waals surface area contributed by atoms with Gasteiger partial charge in [-0.15, -0.1) is 0 Å². The lowest BCUT2D eigenvalue weighted by molar-refractivity contribution is -0.131. The monoisotopic (exact) mass is 245 g/mol. The molecule has 1 fully saturated rings. The van der Waals surface area contributed by atoms with Crippen LogP contribution in [0.2, 0.25) is 0 Å². The molecule has 1 aromatic carbocycles. The fourth-order valence-corrected chi connectivity index (χ4v) is 1.84. The highest BCUT2D eigenvalue weighted by atomic mass is 16.5. The number of nitrogens with zero attached hydrogens (tertiary/aromatic N) is 1. The Morgan fingerprint density at radius 1 is 1.44 bits per heavy atom. The van der Waals surface area contributed by atoms with Crippen molar-refractivity contribution in [3.05, 3.63) is 42.5 Å². The average Bonchev–Trinajstić information content (AvgIpc) is 3.21. The number of rotatable bonds is 6. The van der Waals surface area contributed by atoms with Crippen molar-refractivity contribution in [3.8, 4) is 5.75 Å². The Balaban J connectivity index is 1.88. The summed E-state index contributed by atoms with van der Waals surface area (Å²) in [4.78, 5) is 13.6. The lowest BCUT2D eigenvalue weighted by Crippen LogP contribution is -2.27. The van der Waals surface area contributed by atoms with Crippen LogP contribution in [0, 0.1) is 5.92 Å². The van der Waals surface area contributed by atoms with Gasteiger partial charge in [-0.2, -0.15) is 0 Å². The molecule has 1 amide bonds. The van der Waals surface area contributed by atoms with E-state index in [0.29, 0.717) is 13.2 Å². The maximum Gasteiger partial charge on any atom is 0.225 e. The molecule has 0 spiro atoms. The van der Waals surface area contributed by atoms with Crippen LogP contribution in [0.15, 0.2) is 36.9 Å². The summed E-state index contributed by atoms with van der Waals surface area (Å²) in [7, 11) is 1.86. The van der Waals surface area contributed by atoms with Crippen LogP contribution >= 0.6 is 0 Å². The Morgan fingerprint density at radius 3 is 2.67 bits per heavy atom. The van der Waals surface area contributed by atoms with Crippen LogP contribution < -0.4 is 4.74 Å². The quantitative estimate of drug-likeness (QED) is 0.721. The van der Waals surface area contributed by atoms with Gasteiger partial charge in [0, 0.05) is 19.5 Å². The van der Waals surface area contributed by atoms with E-state index < -0.39 is 0 Å². The molecule has 0 unspecified atom stereocenters. The van der Waals surface area contributed by atoms with Gasteiger partial charge in [-0.05, 0) is 30.5 Å². The zero-order valence-corrected chi connectivity index (χ0v) is 10.8. The second kappa shape index (κ2) is 5.71. The van der Waals surface area contributed by atoms with E-state index in [1.165, 1.54) is 0 Å². The average molecular weight is 245 g/mol. The maximum absolute atomic E-state index is 11.8. The van der Waals surface area contributed by atoms with Gasteiger partial charge in [0.05, 0.1) is 0 Å². The van der Waals surface area contributed by atoms with Gasteiger partial charge in [-0.1, -0.05) is 24.8 Å². The van der Waals surface area contributed by atoms with Gasteiger partial charge >= 0.3 is 0 Å². The molecule has 0 saturated heterocycles. The molecule has 3 nitrogen and oxygen atoms in total. The Kier molecular flexibility index (Phi) is 4.03. The first-order valence-electron chi connectivity index (χ1n) is 6.28. The molecule has 0 atom stereocenters. The summed E-state index contributed by atoms with van der Waals surface area (Å²) in [5.74, 6) is 1.38. The van der Waals surface area contributed by atoms with Crippen molar-refractivity contribution < 1.29 is 9.53 Å². The normalized spacial score (nSPS) is 14.1. The second-order valence-electron chi connectivity index (χ2n) is 4.71. The van der Waals surface area contributed by atoms with Crippen LogP contribution in [0.4, 0.5) is 0 Å².